The minimum absolute atomic E-state index is 0. The van der Waals surface area contributed by atoms with E-state index in [0.29, 0.717) is 13.0 Å². The van der Waals surface area contributed by atoms with E-state index in [-0.39, 0.29) is 79.3 Å². The Kier molecular flexibility index (Phi) is 53.4. The number of esters is 4. The third kappa shape index (κ3) is 79.3. The summed E-state index contributed by atoms with van der Waals surface area (Å²) in [6.45, 7) is 13.9. The Bertz CT molecular complexity index is 710. The van der Waals surface area contributed by atoms with E-state index in [1.54, 1.807) is 27.7 Å². The largest absolute Gasteiger partial charge is 0.653 e. The van der Waals surface area contributed by atoms with Gasteiger partial charge in [-0.05, 0) is 27.7 Å². The summed E-state index contributed by atoms with van der Waals surface area (Å²) in [5.41, 5.74) is 0. The van der Waals surface area contributed by atoms with Crippen molar-refractivity contribution in [3.05, 3.63) is 0 Å². The summed E-state index contributed by atoms with van der Waals surface area (Å²) in [4.78, 5) is 79.8. The molecule has 1 N–H and O–H groups in total. The van der Waals surface area contributed by atoms with E-state index in [1.165, 1.54) is 34.2 Å². The normalized spacial score (nSPS) is 8.09. The van der Waals surface area contributed by atoms with Gasteiger partial charge in [0.1, 0.15) is 0 Å². The molecule has 0 rings (SSSR count). The van der Waals surface area contributed by atoms with Gasteiger partial charge in [-0.15, -0.1) is 0 Å². The Labute approximate surface area is 286 Å². The van der Waals surface area contributed by atoms with Crippen molar-refractivity contribution in [3.63, 3.8) is 0 Å². The van der Waals surface area contributed by atoms with Crippen LogP contribution in [0.4, 0.5) is 14.4 Å². The first kappa shape index (κ1) is 53.8. The first-order valence-corrected chi connectivity index (χ1v) is 12.6. The number of carbonyl (C=O) groups excluding carboxylic acids is 7. The van der Waals surface area contributed by atoms with Gasteiger partial charge in [-0.1, -0.05) is 6.47 Å². The topological polar surface area (TPSA) is 249 Å². The van der Waals surface area contributed by atoms with Crippen LogP contribution >= 0.6 is 0 Å². The Morgan fingerprint density at radius 1 is 0.511 bits per heavy atom. The standard InChI is InChI=1S/C9H16O6.2C5H8O4.C3H6O3.C3H5O2.Y/c1-3-12-8(10)14-6-5-7-15-9(11)13-4-2;2*1-4(6)8-3-9-5(2)7;1-2-6-3(4)5;1-2-5-3-4;/h3-7H2,1-2H3;2*3H2,1-2H3;2H2,1H3,(H,4,5);2H2,1H3;/q;;;;-1;. The SMILES string of the molecule is CC(=O)OCOC(C)=O.CC(=O)OCOC(C)=O.CCOC(=O)O.CCOC(=O)OCCCOC(=O)OCC.CCO[C-]=O.[Y]. The third-order valence-corrected chi connectivity index (χ3v) is 2.77. The van der Waals surface area contributed by atoms with Crippen molar-refractivity contribution in [2.75, 3.05) is 53.2 Å². The zero-order valence-corrected chi connectivity index (χ0v) is 29.6. The van der Waals surface area contributed by atoms with Crippen LogP contribution in [0.15, 0.2) is 0 Å². The Morgan fingerprint density at radius 3 is 0.978 bits per heavy atom. The summed E-state index contributed by atoms with van der Waals surface area (Å²) in [6, 6.07) is 0. The van der Waals surface area contributed by atoms with E-state index in [9.17, 15) is 33.6 Å². The molecule has 45 heavy (non-hydrogen) atoms. The minimum Gasteiger partial charge on any atom is -0.653 e. The molecule has 0 aromatic rings. The number of carboxylic acid groups (broad SMARTS) is 1. The van der Waals surface area contributed by atoms with E-state index in [0.717, 1.165) is 0 Å². The average molecular weight is 737 g/mol. The van der Waals surface area contributed by atoms with Crippen LogP contribution < -0.4 is 0 Å². The van der Waals surface area contributed by atoms with Gasteiger partial charge in [0.2, 0.25) is 13.6 Å². The van der Waals surface area contributed by atoms with Crippen LogP contribution in [0.25, 0.3) is 0 Å². The molecule has 0 aromatic carbocycles. The molecule has 1 radical (unpaired) electrons. The number of hydrogen-bond donors (Lipinski definition) is 1. The molecule has 0 aromatic heterocycles. The number of carbonyl (C=O) groups is 7. The molecular formula is C25H43O19Y-. The predicted molar refractivity (Wildman–Crippen MR) is 144 cm³/mol. The first-order valence-electron chi connectivity index (χ1n) is 12.6. The van der Waals surface area contributed by atoms with Crippen LogP contribution in [-0.4, -0.2) is 107 Å². The average Bonchev–Trinajstić information content (AvgIpc) is 2.90. The van der Waals surface area contributed by atoms with Gasteiger partial charge in [-0.2, -0.15) is 0 Å². The molecular weight excluding hydrogens is 693 g/mol. The summed E-state index contributed by atoms with van der Waals surface area (Å²) in [5.74, 6) is -1.85. The molecule has 0 atom stereocenters. The Balaban J connectivity index is -0.000000111. The molecule has 0 aliphatic rings. The van der Waals surface area contributed by atoms with Crippen molar-refractivity contribution in [3.8, 4) is 0 Å². The monoisotopic (exact) mass is 736 g/mol. The van der Waals surface area contributed by atoms with Gasteiger partial charge < -0.3 is 57.3 Å². The maximum Gasteiger partial charge on any atom is 0.508 e. The Hall–Kier alpha value is -3.74. The van der Waals surface area contributed by atoms with Gasteiger partial charge in [0.25, 0.3) is 0 Å². The first-order chi connectivity index (χ1) is 20.6. The molecule has 0 saturated carbocycles. The molecule has 0 amide bonds. The van der Waals surface area contributed by atoms with Gasteiger partial charge >= 0.3 is 42.3 Å². The third-order valence-electron chi connectivity index (χ3n) is 2.77. The number of ether oxygens (including phenoxy) is 10. The molecule has 0 fully saturated rings. The summed E-state index contributed by atoms with van der Waals surface area (Å²) in [6.07, 6.45) is -2.22. The Morgan fingerprint density at radius 2 is 0.822 bits per heavy atom. The van der Waals surface area contributed by atoms with Gasteiger partial charge in [-0.3, -0.25) is 19.2 Å². The van der Waals surface area contributed by atoms with Crippen molar-refractivity contribution in [2.24, 2.45) is 0 Å². The second-order valence-electron chi connectivity index (χ2n) is 6.41. The molecule has 20 heteroatoms. The molecule has 0 aliphatic heterocycles. The van der Waals surface area contributed by atoms with Crippen LogP contribution in [0.5, 0.6) is 0 Å². The zero-order chi connectivity index (χ0) is 35.2. The van der Waals surface area contributed by atoms with Crippen molar-refractivity contribution in [1.29, 1.82) is 0 Å². The van der Waals surface area contributed by atoms with E-state index in [4.69, 9.17) is 9.90 Å². The van der Waals surface area contributed by atoms with E-state index in [1.807, 2.05) is 0 Å². The summed E-state index contributed by atoms with van der Waals surface area (Å²) in [7, 11) is 0. The van der Waals surface area contributed by atoms with Crippen LogP contribution in [0.3, 0.4) is 0 Å². The van der Waals surface area contributed by atoms with Crippen LogP contribution in [0.1, 0.15) is 61.8 Å². The summed E-state index contributed by atoms with van der Waals surface area (Å²) in [5, 5.41) is 7.69. The molecule has 19 nitrogen and oxygen atoms in total. The summed E-state index contributed by atoms with van der Waals surface area (Å²) < 4.78 is 43.4. The van der Waals surface area contributed by atoms with Crippen molar-refractivity contribution < 1.29 is 124 Å². The fraction of sp³-hybridized carbons (Fsp3) is 0.680. The second-order valence-corrected chi connectivity index (χ2v) is 6.41. The summed E-state index contributed by atoms with van der Waals surface area (Å²) >= 11 is 0. The molecule has 0 unspecified atom stereocenters. The molecule has 0 aliphatic carbocycles. The predicted octanol–water partition coefficient (Wildman–Crippen LogP) is 2.65. The number of hydrogen-bond acceptors (Lipinski definition) is 18. The van der Waals surface area contributed by atoms with Crippen LogP contribution in [-0.2, 0) is 104 Å². The van der Waals surface area contributed by atoms with Crippen molar-refractivity contribution in [1.82, 2.24) is 0 Å². The number of rotatable bonds is 13. The minimum atomic E-state index is -1.21. The molecule has 261 valence electrons. The van der Waals surface area contributed by atoms with Crippen LogP contribution in [0.2, 0.25) is 0 Å². The van der Waals surface area contributed by atoms with Gasteiger partial charge in [0.15, 0.2) is 0 Å². The zero-order valence-electron chi connectivity index (χ0n) is 26.7. The fourth-order valence-electron chi connectivity index (χ4n) is 1.26. The van der Waals surface area contributed by atoms with Gasteiger partial charge in [0, 0.05) is 73.4 Å². The molecule has 0 saturated heterocycles. The molecule has 0 bridgehead atoms. The quantitative estimate of drug-likeness (QED) is 0.0938. The van der Waals surface area contributed by atoms with Gasteiger partial charge in [-0.25, -0.2) is 14.4 Å². The van der Waals surface area contributed by atoms with E-state index in [2.05, 4.69) is 47.4 Å². The van der Waals surface area contributed by atoms with E-state index >= 15 is 0 Å². The molecule has 0 heterocycles. The maximum atomic E-state index is 10.7. The van der Waals surface area contributed by atoms with Crippen LogP contribution in [0, 0.1) is 0 Å². The fourth-order valence-corrected chi connectivity index (χ4v) is 1.26. The maximum absolute atomic E-state index is 10.7. The second kappa shape index (κ2) is 44.7. The van der Waals surface area contributed by atoms with E-state index < -0.39 is 42.3 Å². The molecule has 0 spiro atoms. The van der Waals surface area contributed by atoms with Crippen molar-refractivity contribution in [2.45, 2.75) is 61.8 Å². The van der Waals surface area contributed by atoms with Gasteiger partial charge in [0.05, 0.1) is 33.0 Å². The van der Waals surface area contributed by atoms with Crippen molar-refractivity contribution >= 4 is 48.8 Å². The smallest absolute Gasteiger partial charge is 0.508 e.